The summed E-state index contributed by atoms with van der Waals surface area (Å²) in [5, 5.41) is 4.67. The molecule has 0 aromatic carbocycles. The lowest BCUT2D eigenvalue weighted by Crippen LogP contribution is -2.33. The van der Waals surface area contributed by atoms with E-state index in [1.54, 1.807) is 5.32 Å². The molecule has 1 aromatic rings. The molecule has 7 heteroatoms. The van der Waals surface area contributed by atoms with Gasteiger partial charge in [0.2, 0.25) is 0 Å². The third-order valence-electron chi connectivity index (χ3n) is 1.83. The molecule has 1 heterocycles. The van der Waals surface area contributed by atoms with Crippen molar-refractivity contribution in [1.29, 1.82) is 0 Å². The fourth-order valence-electron chi connectivity index (χ4n) is 1.10. The van der Waals surface area contributed by atoms with Crippen molar-refractivity contribution in [2.75, 3.05) is 18.4 Å². The van der Waals surface area contributed by atoms with Crippen LogP contribution in [0.4, 0.5) is 19.0 Å². The first-order valence-electron chi connectivity index (χ1n) is 4.97. The van der Waals surface area contributed by atoms with E-state index in [-0.39, 0.29) is 5.56 Å². The number of amides is 1. The Balaban J connectivity index is 2.57. The van der Waals surface area contributed by atoms with Gasteiger partial charge in [-0.2, -0.15) is 13.2 Å². The number of halogens is 3. The quantitative estimate of drug-likeness (QED) is 0.853. The van der Waals surface area contributed by atoms with Crippen LogP contribution < -0.4 is 10.6 Å². The van der Waals surface area contributed by atoms with Gasteiger partial charge in [-0.05, 0) is 19.1 Å². The highest BCUT2D eigenvalue weighted by Crippen LogP contribution is 2.12. The number of alkyl halides is 3. The van der Waals surface area contributed by atoms with Crippen molar-refractivity contribution in [3.63, 3.8) is 0 Å². The van der Waals surface area contributed by atoms with Gasteiger partial charge in [0.15, 0.2) is 0 Å². The normalized spacial score (nSPS) is 11.1. The molecule has 94 valence electrons. The molecule has 1 rings (SSSR count). The second-order valence-electron chi connectivity index (χ2n) is 3.26. The zero-order chi connectivity index (χ0) is 12.9. The van der Waals surface area contributed by atoms with Crippen molar-refractivity contribution in [3.8, 4) is 0 Å². The monoisotopic (exact) mass is 247 g/mol. The summed E-state index contributed by atoms with van der Waals surface area (Å²) in [6.45, 7) is 1.21. The predicted octanol–water partition coefficient (Wildman–Crippen LogP) is 1.81. The molecule has 0 aliphatic heterocycles. The van der Waals surface area contributed by atoms with Crippen molar-refractivity contribution >= 4 is 11.7 Å². The van der Waals surface area contributed by atoms with Crippen LogP contribution in [0.3, 0.4) is 0 Å². The van der Waals surface area contributed by atoms with Gasteiger partial charge in [-0.3, -0.25) is 4.79 Å². The Morgan fingerprint density at radius 3 is 2.59 bits per heavy atom. The number of carbonyl (C=O) groups excluding carboxylic acids is 1. The van der Waals surface area contributed by atoms with Gasteiger partial charge in [0.25, 0.3) is 5.91 Å². The number of hydrogen-bond acceptors (Lipinski definition) is 3. The summed E-state index contributed by atoms with van der Waals surface area (Å²) in [7, 11) is 0. The van der Waals surface area contributed by atoms with Crippen LogP contribution in [0.15, 0.2) is 18.3 Å². The molecule has 0 fully saturated rings. The fourth-order valence-corrected chi connectivity index (χ4v) is 1.10. The molecule has 0 radical (unpaired) electrons. The Labute approximate surface area is 96.2 Å². The van der Waals surface area contributed by atoms with Crippen LogP contribution in [0.1, 0.15) is 17.3 Å². The Kier molecular flexibility index (Phi) is 4.30. The molecule has 0 aliphatic carbocycles. The van der Waals surface area contributed by atoms with Crippen molar-refractivity contribution in [2.24, 2.45) is 0 Å². The molecule has 1 amide bonds. The standard InChI is InChI=1S/C10H12F3N3O/c1-2-14-8-4-3-7(5-15-8)9(17)16-6-10(11,12)13/h3-5H,2,6H2,1H3,(H,14,15)(H,16,17). The van der Waals surface area contributed by atoms with E-state index in [2.05, 4.69) is 10.3 Å². The highest BCUT2D eigenvalue weighted by Gasteiger charge is 2.27. The number of nitrogens with one attached hydrogen (secondary N) is 2. The van der Waals surface area contributed by atoms with Gasteiger partial charge in [0, 0.05) is 12.7 Å². The van der Waals surface area contributed by atoms with Gasteiger partial charge in [0.05, 0.1) is 5.56 Å². The first kappa shape index (κ1) is 13.3. The van der Waals surface area contributed by atoms with E-state index in [1.807, 2.05) is 6.92 Å². The SMILES string of the molecule is CCNc1ccc(C(=O)NCC(F)(F)F)cn1. The highest BCUT2D eigenvalue weighted by atomic mass is 19.4. The average molecular weight is 247 g/mol. The molecular formula is C10H12F3N3O. The van der Waals surface area contributed by atoms with Crippen molar-refractivity contribution in [2.45, 2.75) is 13.1 Å². The lowest BCUT2D eigenvalue weighted by Gasteiger charge is -2.08. The molecule has 0 saturated heterocycles. The van der Waals surface area contributed by atoms with E-state index in [1.165, 1.54) is 18.3 Å². The summed E-state index contributed by atoms with van der Waals surface area (Å²) < 4.78 is 35.6. The van der Waals surface area contributed by atoms with Gasteiger partial charge in [-0.1, -0.05) is 0 Å². The maximum atomic E-state index is 11.9. The van der Waals surface area contributed by atoms with Crippen LogP contribution in [0.5, 0.6) is 0 Å². The molecule has 0 bridgehead atoms. The zero-order valence-corrected chi connectivity index (χ0v) is 9.14. The Morgan fingerprint density at radius 1 is 1.41 bits per heavy atom. The van der Waals surface area contributed by atoms with Crippen LogP contribution in [0.2, 0.25) is 0 Å². The third-order valence-corrected chi connectivity index (χ3v) is 1.83. The van der Waals surface area contributed by atoms with E-state index >= 15 is 0 Å². The number of pyridine rings is 1. The van der Waals surface area contributed by atoms with Crippen LogP contribution in [0, 0.1) is 0 Å². The maximum absolute atomic E-state index is 11.9. The number of anilines is 1. The Morgan fingerprint density at radius 2 is 2.12 bits per heavy atom. The summed E-state index contributed by atoms with van der Waals surface area (Å²) in [4.78, 5) is 15.2. The second-order valence-corrected chi connectivity index (χ2v) is 3.26. The minimum absolute atomic E-state index is 0.0934. The Hall–Kier alpha value is -1.79. The summed E-state index contributed by atoms with van der Waals surface area (Å²) in [5.41, 5.74) is 0.0934. The zero-order valence-electron chi connectivity index (χ0n) is 9.14. The van der Waals surface area contributed by atoms with E-state index in [0.29, 0.717) is 12.4 Å². The maximum Gasteiger partial charge on any atom is 0.405 e. The van der Waals surface area contributed by atoms with Crippen LogP contribution in [-0.2, 0) is 0 Å². The average Bonchev–Trinajstić information content (AvgIpc) is 2.26. The molecule has 1 aromatic heterocycles. The van der Waals surface area contributed by atoms with Crippen molar-refractivity contribution in [1.82, 2.24) is 10.3 Å². The largest absolute Gasteiger partial charge is 0.405 e. The molecule has 0 spiro atoms. The minimum Gasteiger partial charge on any atom is -0.370 e. The van der Waals surface area contributed by atoms with Crippen LogP contribution >= 0.6 is 0 Å². The number of hydrogen-bond donors (Lipinski definition) is 2. The topological polar surface area (TPSA) is 54.0 Å². The number of carbonyl (C=O) groups is 1. The highest BCUT2D eigenvalue weighted by molar-refractivity contribution is 5.94. The van der Waals surface area contributed by atoms with E-state index in [4.69, 9.17) is 0 Å². The minimum atomic E-state index is -4.41. The molecule has 0 atom stereocenters. The van der Waals surface area contributed by atoms with Gasteiger partial charge in [0.1, 0.15) is 12.4 Å². The number of aromatic nitrogens is 1. The van der Waals surface area contributed by atoms with Gasteiger partial charge in [-0.15, -0.1) is 0 Å². The molecule has 0 aliphatic rings. The van der Waals surface area contributed by atoms with Crippen molar-refractivity contribution in [3.05, 3.63) is 23.9 Å². The molecule has 4 nitrogen and oxygen atoms in total. The summed E-state index contributed by atoms with van der Waals surface area (Å²) >= 11 is 0. The second kappa shape index (κ2) is 5.51. The van der Waals surface area contributed by atoms with E-state index < -0.39 is 18.6 Å². The summed E-state index contributed by atoms with van der Waals surface area (Å²) in [6, 6.07) is 2.95. The van der Waals surface area contributed by atoms with Gasteiger partial charge >= 0.3 is 6.18 Å². The van der Waals surface area contributed by atoms with Gasteiger partial charge < -0.3 is 10.6 Å². The molecular weight excluding hydrogens is 235 g/mol. The first-order valence-corrected chi connectivity index (χ1v) is 4.97. The summed E-state index contributed by atoms with van der Waals surface area (Å²) in [6.07, 6.45) is -3.18. The Bertz CT molecular complexity index is 375. The van der Waals surface area contributed by atoms with Gasteiger partial charge in [-0.25, -0.2) is 4.98 Å². The lowest BCUT2D eigenvalue weighted by atomic mass is 10.2. The van der Waals surface area contributed by atoms with Crippen LogP contribution in [-0.4, -0.2) is 30.2 Å². The number of rotatable bonds is 4. The third kappa shape index (κ3) is 4.71. The fraction of sp³-hybridized carbons (Fsp3) is 0.400. The summed E-state index contributed by atoms with van der Waals surface area (Å²) in [5.74, 6) is -0.224. The van der Waals surface area contributed by atoms with E-state index in [9.17, 15) is 18.0 Å². The molecule has 17 heavy (non-hydrogen) atoms. The smallest absolute Gasteiger partial charge is 0.370 e. The first-order chi connectivity index (χ1) is 7.92. The lowest BCUT2D eigenvalue weighted by molar-refractivity contribution is -0.123. The van der Waals surface area contributed by atoms with Crippen LogP contribution in [0.25, 0.3) is 0 Å². The van der Waals surface area contributed by atoms with Crippen molar-refractivity contribution < 1.29 is 18.0 Å². The molecule has 2 N–H and O–H groups in total. The number of nitrogens with zero attached hydrogens (tertiary/aromatic N) is 1. The van der Waals surface area contributed by atoms with E-state index in [0.717, 1.165) is 0 Å². The predicted molar refractivity (Wildman–Crippen MR) is 56.8 cm³/mol. The molecule has 0 unspecified atom stereocenters. The molecule has 0 saturated carbocycles.